The summed E-state index contributed by atoms with van der Waals surface area (Å²) in [4.78, 5) is 26.8. The summed E-state index contributed by atoms with van der Waals surface area (Å²) in [5.41, 5.74) is 0.502. The molecule has 1 saturated heterocycles. The summed E-state index contributed by atoms with van der Waals surface area (Å²) in [7, 11) is 0. The number of aromatic nitrogens is 2. The molecule has 0 spiro atoms. The Morgan fingerprint density at radius 3 is 2.74 bits per heavy atom. The predicted octanol–water partition coefficient (Wildman–Crippen LogP) is 0.357. The van der Waals surface area contributed by atoms with E-state index in [2.05, 4.69) is 25.9 Å². The van der Waals surface area contributed by atoms with Gasteiger partial charge in [-0.05, 0) is 25.8 Å². The number of carbonyl (C=O) groups is 2. The number of piperazine rings is 1. The fourth-order valence-electron chi connectivity index (χ4n) is 3.78. The van der Waals surface area contributed by atoms with Gasteiger partial charge in [-0.15, -0.1) is 0 Å². The summed E-state index contributed by atoms with van der Waals surface area (Å²) < 4.78 is 1.54. The van der Waals surface area contributed by atoms with Crippen molar-refractivity contribution < 1.29 is 9.59 Å². The maximum atomic E-state index is 12.2. The van der Waals surface area contributed by atoms with Gasteiger partial charge in [-0.25, -0.2) is 0 Å². The number of nitrogens with zero attached hydrogens (tertiary/aromatic N) is 3. The molecule has 1 aliphatic carbocycles. The third-order valence-corrected chi connectivity index (χ3v) is 5.32. The average molecular weight is 377 g/mol. The molecule has 2 aliphatic rings. The summed E-state index contributed by atoms with van der Waals surface area (Å²) in [6, 6.07) is 0.292. The van der Waals surface area contributed by atoms with E-state index in [1.54, 1.807) is 6.20 Å². The van der Waals surface area contributed by atoms with Crippen molar-refractivity contribution in [2.75, 3.05) is 39.3 Å². The van der Waals surface area contributed by atoms with E-state index >= 15 is 0 Å². The summed E-state index contributed by atoms with van der Waals surface area (Å²) in [5.74, 6) is -0.165. The van der Waals surface area contributed by atoms with Crippen LogP contribution in [0.15, 0.2) is 12.4 Å². The molecule has 1 aromatic rings. The van der Waals surface area contributed by atoms with Gasteiger partial charge in [0, 0.05) is 45.0 Å². The second kappa shape index (κ2) is 10.4. The van der Waals surface area contributed by atoms with Gasteiger partial charge in [-0.3, -0.25) is 14.3 Å². The molecule has 150 valence electrons. The molecule has 27 heavy (non-hydrogen) atoms. The van der Waals surface area contributed by atoms with Crippen molar-refractivity contribution in [3.8, 4) is 0 Å². The van der Waals surface area contributed by atoms with Crippen LogP contribution in [-0.2, 0) is 11.3 Å². The molecule has 1 saturated carbocycles. The zero-order valence-electron chi connectivity index (χ0n) is 16.1. The Morgan fingerprint density at radius 2 is 1.96 bits per heavy atom. The molecule has 0 bridgehead atoms. The summed E-state index contributed by atoms with van der Waals surface area (Å²) in [5, 5.41) is 13.5. The van der Waals surface area contributed by atoms with Gasteiger partial charge in [0.15, 0.2) is 0 Å². The lowest BCUT2D eigenvalue weighted by molar-refractivity contribution is -0.122. The highest BCUT2D eigenvalue weighted by atomic mass is 16.2. The second-order valence-electron chi connectivity index (χ2n) is 7.53. The van der Waals surface area contributed by atoms with Crippen LogP contribution in [0.3, 0.4) is 0 Å². The third kappa shape index (κ3) is 6.62. The van der Waals surface area contributed by atoms with Crippen molar-refractivity contribution in [1.82, 2.24) is 30.6 Å². The van der Waals surface area contributed by atoms with Crippen LogP contribution in [0.5, 0.6) is 0 Å². The fourth-order valence-corrected chi connectivity index (χ4v) is 3.78. The van der Waals surface area contributed by atoms with Crippen LogP contribution in [0.2, 0.25) is 0 Å². The van der Waals surface area contributed by atoms with Crippen LogP contribution < -0.4 is 16.0 Å². The van der Waals surface area contributed by atoms with Gasteiger partial charge >= 0.3 is 0 Å². The van der Waals surface area contributed by atoms with E-state index in [4.69, 9.17) is 0 Å². The number of amides is 2. The number of hydrogen-bond acceptors (Lipinski definition) is 5. The van der Waals surface area contributed by atoms with Gasteiger partial charge in [0.25, 0.3) is 5.91 Å². The maximum Gasteiger partial charge on any atom is 0.254 e. The Hall–Kier alpha value is -1.93. The molecule has 0 atom stereocenters. The van der Waals surface area contributed by atoms with Crippen molar-refractivity contribution in [1.29, 1.82) is 0 Å². The molecule has 8 heteroatoms. The fraction of sp³-hybridized carbons (Fsp3) is 0.737. The van der Waals surface area contributed by atoms with Gasteiger partial charge in [-0.1, -0.05) is 19.3 Å². The van der Waals surface area contributed by atoms with Crippen LogP contribution in [-0.4, -0.2) is 71.8 Å². The smallest absolute Gasteiger partial charge is 0.254 e. The number of hydrogen-bond donors (Lipinski definition) is 3. The number of carbonyl (C=O) groups excluding carboxylic acids is 2. The Bertz CT molecular complexity index is 605. The van der Waals surface area contributed by atoms with Gasteiger partial charge in [-0.2, -0.15) is 5.10 Å². The molecular formula is C19H32N6O2. The minimum atomic E-state index is -0.130. The van der Waals surface area contributed by atoms with Crippen LogP contribution in [0.25, 0.3) is 0 Å². The van der Waals surface area contributed by atoms with E-state index < -0.39 is 0 Å². The molecule has 3 N–H and O–H groups in total. The Morgan fingerprint density at radius 1 is 1.19 bits per heavy atom. The lowest BCUT2D eigenvalue weighted by Gasteiger charge is -2.27. The van der Waals surface area contributed by atoms with E-state index in [1.165, 1.54) is 30.1 Å². The van der Waals surface area contributed by atoms with Crippen molar-refractivity contribution >= 4 is 11.8 Å². The molecule has 0 radical (unpaired) electrons. The topological polar surface area (TPSA) is 91.3 Å². The SMILES string of the molecule is O=C(Cn1cc(C(=O)NCCCN2CCNCC2)cn1)NC1CCCCC1. The first-order chi connectivity index (χ1) is 13.2. The van der Waals surface area contributed by atoms with E-state index in [0.29, 0.717) is 18.2 Å². The standard InChI is InChI=1S/C19H32N6O2/c26-18(23-17-5-2-1-3-6-17)15-25-14-16(13-22-25)19(27)21-7-4-10-24-11-8-20-9-12-24/h13-14,17,20H,1-12,15H2,(H,21,27)(H,23,26). The second-order valence-corrected chi connectivity index (χ2v) is 7.53. The van der Waals surface area contributed by atoms with Gasteiger partial charge < -0.3 is 20.9 Å². The third-order valence-electron chi connectivity index (χ3n) is 5.32. The highest BCUT2D eigenvalue weighted by Crippen LogP contribution is 2.17. The van der Waals surface area contributed by atoms with E-state index in [9.17, 15) is 9.59 Å². The average Bonchev–Trinajstić information content (AvgIpc) is 3.15. The zero-order chi connectivity index (χ0) is 18.9. The summed E-state index contributed by atoms with van der Waals surface area (Å²) in [6.07, 6.45) is 9.87. The van der Waals surface area contributed by atoms with Gasteiger partial charge in [0.1, 0.15) is 6.54 Å². The van der Waals surface area contributed by atoms with E-state index in [-0.39, 0.29) is 18.4 Å². The Kier molecular flexibility index (Phi) is 7.65. The molecular weight excluding hydrogens is 344 g/mol. The first-order valence-corrected chi connectivity index (χ1v) is 10.2. The highest BCUT2D eigenvalue weighted by Gasteiger charge is 2.16. The zero-order valence-corrected chi connectivity index (χ0v) is 16.1. The van der Waals surface area contributed by atoms with Gasteiger partial charge in [0.2, 0.25) is 5.91 Å². The quantitative estimate of drug-likeness (QED) is 0.570. The normalized spacial score (nSPS) is 19.0. The first-order valence-electron chi connectivity index (χ1n) is 10.2. The van der Waals surface area contributed by atoms with Crippen LogP contribution in [0, 0.1) is 0 Å². The molecule has 0 aromatic carbocycles. The van der Waals surface area contributed by atoms with E-state index in [1.807, 2.05) is 0 Å². The predicted molar refractivity (Wildman–Crippen MR) is 104 cm³/mol. The van der Waals surface area contributed by atoms with Crippen LogP contribution in [0.1, 0.15) is 48.9 Å². The lowest BCUT2D eigenvalue weighted by atomic mass is 9.95. The van der Waals surface area contributed by atoms with Crippen molar-refractivity contribution in [2.45, 2.75) is 51.1 Å². The maximum absolute atomic E-state index is 12.2. The van der Waals surface area contributed by atoms with E-state index in [0.717, 1.165) is 52.0 Å². The summed E-state index contributed by atoms with van der Waals surface area (Å²) >= 11 is 0. The number of rotatable bonds is 8. The minimum Gasteiger partial charge on any atom is -0.352 e. The molecule has 2 fully saturated rings. The lowest BCUT2D eigenvalue weighted by Crippen LogP contribution is -2.44. The van der Waals surface area contributed by atoms with Crippen LogP contribution >= 0.6 is 0 Å². The molecule has 1 aromatic heterocycles. The van der Waals surface area contributed by atoms with Crippen molar-refractivity contribution in [3.63, 3.8) is 0 Å². The summed E-state index contributed by atoms with van der Waals surface area (Å²) in [6.45, 7) is 6.04. The van der Waals surface area contributed by atoms with Crippen molar-refractivity contribution in [2.24, 2.45) is 0 Å². The Balaban J connectivity index is 1.34. The monoisotopic (exact) mass is 376 g/mol. The molecule has 2 heterocycles. The highest BCUT2D eigenvalue weighted by molar-refractivity contribution is 5.93. The minimum absolute atomic E-state index is 0.0343. The van der Waals surface area contributed by atoms with Crippen molar-refractivity contribution in [3.05, 3.63) is 18.0 Å². The molecule has 3 rings (SSSR count). The molecule has 2 amide bonds. The first kappa shape index (κ1) is 19.8. The molecule has 8 nitrogen and oxygen atoms in total. The van der Waals surface area contributed by atoms with Crippen LogP contribution in [0.4, 0.5) is 0 Å². The molecule has 0 unspecified atom stereocenters. The number of nitrogens with one attached hydrogen (secondary N) is 3. The largest absolute Gasteiger partial charge is 0.352 e. The molecule has 1 aliphatic heterocycles. The Labute approximate surface area is 161 Å². The van der Waals surface area contributed by atoms with Gasteiger partial charge in [0.05, 0.1) is 11.8 Å².